The van der Waals surface area contributed by atoms with Crippen molar-refractivity contribution in [3.63, 3.8) is 0 Å². The summed E-state index contributed by atoms with van der Waals surface area (Å²) in [6.45, 7) is 8.87. The first-order valence-corrected chi connectivity index (χ1v) is 9.82. The first-order valence-electron chi connectivity index (χ1n) is 9.82. The zero-order valence-corrected chi connectivity index (χ0v) is 16.2. The Morgan fingerprint density at radius 2 is 2.22 bits per heavy atom. The largest absolute Gasteiger partial charge is 0.375 e. The quantitative estimate of drug-likeness (QED) is 0.867. The van der Waals surface area contributed by atoms with Gasteiger partial charge in [0.05, 0.1) is 19.1 Å². The fraction of sp³-hybridized carbons (Fsp3) is 0.571. The van der Waals surface area contributed by atoms with Gasteiger partial charge in [0.15, 0.2) is 0 Å². The number of fused-ring (bicyclic) bond motifs is 2. The molecule has 2 N–H and O–H groups in total. The Morgan fingerprint density at radius 1 is 1.41 bits per heavy atom. The lowest BCUT2D eigenvalue weighted by Gasteiger charge is -2.36. The molecule has 0 radical (unpaired) electrons. The van der Waals surface area contributed by atoms with E-state index >= 15 is 0 Å². The first-order chi connectivity index (χ1) is 12.9. The van der Waals surface area contributed by atoms with Crippen LogP contribution in [0.3, 0.4) is 0 Å². The zero-order chi connectivity index (χ0) is 19.1. The van der Waals surface area contributed by atoms with Crippen LogP contribution in [0, 0.1) is 18.7 Å². The van der Waals surface area contributed by atoms with Gasteiger partial charge in [-0.25, -0.2) is 4.39 Å². The molecule has 2 aromatic rings. The molecule has 5 nitrogen and oxygen atoms in total. The van der Waals surface area contributed by atoms with Crippen molar-refractivity contribution in [2.24, 2.45) is 5.92 Å². The lowest BCUT2D eigenvalue weighted by atomic mass is 10.0. The monoisotopic (exact) mass is 373 g/mol. The molecule has 3 heterocycles. The van der Waals surface area contributed by atoms with E-state index in [1.165, 1.54) is 12.1 Å². The third kappa shape index (κ3) is 3.73. The molecule has 3 atom stereocenters. The summed E-state index contributed by atoms with van der Waals surface area (Å²) >= 11 is 0. The minimum Gasteiger partial charge on any atom is -0.375 e. The zero-order valence-electron chi connectivity index (χ0n) is 16.2. The van der Waals surface area contributed by atoms with Gasteiger partial charge in [-0.1, -0.05) is 13.8 Å². The van der Waals surface area contributed by atoms with E-state index in [2.05, 4.69) is 29.0 Å². The number of halogens is 1. The summed E-state index contributed by atoms with van der Waals surface area (Å²) in [6.07, 6.45) is 1.47. The van der Waals surface area contributed by atoms with Gasteiger partial charge in [0.2, 0.25) is 5.91 Å². The standard InChI is InChI=1S/C21H28FN3O2/c1-12(2)20-10-25-9-15(7-16(25)11-27-20)24-21(26)8-17-13(3)23-19-5-4-14(22)6-18(17)19/h4-6,12,15-16,20,23H,7-11H2,1-3H3,(H,24,26)/t15-,16-,20+/m0/s1. The van der Waals surface area contributed by atoms with Crippen LogP contribution in [0.15, 0.2) is 18.2 Å². The molecule has 146 valence electrons. The van der Waals surface area contributed by atoms with Crippen LogP contribution in [0.2, 0.25) is 0 Å². The molecule has 2 saturated heterocycles. The number of H-pyrrole nitrogens is 1. The molecule has 0 saturated carbocycles. The predicted octanol–water partition coefficient (Wildman–Crippen LogP) is 2.77. The smallest absolute Gasteiger partial charge is 0.224 e. The number of nitrogens with zero attached hydrogens (tertiary/aromatic N) is 1. The maximum absolute atomic E-state index is 13.6. The van der Waals surface area contributed by atoms with Crippen LogP contribution in [0.5, 0.6) is 0 Å². The number of aromatic amines is 1. The summed E-state index contributed by atoms with van der Waals surface area (Å²) in [7, 11) is 0. The third-order valence-electron chi connectivity index (χ3n) is 5.97. The van der Waals surface area contributed by atoms with Crippen molar-refractivity contribution in [1.82, 2.24) is 15.2 Å². The number of benzene rings is 1. The maximum atomic E-state index is 13.6. The molecule has 0 aliphatic carbocycles. The highest BCUT2D eigenvalue weighted by atomic mass is 19.1. The molecule has 2 fully saturated rings. The summed E-state index contributed by atoms with van der Waals surface area (Å²) in [5, 5.41) is 3.97. The molecule has 1 aromatic heterocycles. The van der Waals surface area contributed by atoms with Gasteiger partial charge >= 0.3 is 0 Å². The molecule has 1 amide bonds. The average Bonchev–Trinajstić information content (AvgIpc) is 3.14. The van der Waals surface area contributed by atoms with Crippen LogP contribution in [-0.2, 0) is 16.0 Å². The van der Waals surface area contributed by atoms with Gasteiger partial charge in [0.25, 0.3) is 0 Å². The second-order valence-electron chi connectivity index (χ2n) is 8.32. The number of rotatable bonds is 4. The number of hydrogen-bond acceptors (Lipinski definition) is 3. The summed E-state index contributed by atoms with van der Waals surface area (Å²) in [6, 6.07) is 5.21. The van der Waals surface area contributed by atoms with Crippen LogP contribution in [0.4, 0.5) is 4.39 Å². The second-order valence-corrected chi connectivity index (χ2v) is 8.32. The van der Waals surface area contributed by atoms with E-state index in [0.29, 0.717) is 12.0 Å². The predicted molar refractivity (Wildman–Crippen MR) is 103 cm³/mol. The molecule has 27 heavy (non-hydrogen) atoms. The highest BCUT2D eigenvalue weighted by Crippen LogP contribution is 2.27. The molecule has 2 aliphatic heterocycles. The molecular formula is C21H28FN3O2. The Morgan fingerprint density at radius 3 is 3.00 bits per heavy atom. The van der Waals surface area contributed by atoms with Crippen LogP contribution in [0.25, 0.3) is 10.9 Å². The molecule has 4 rings (SSSR count). The molecule has 0 spiro atoms. The highest BCUT2D eigenvalue weighted by Gasteiger charge is 2.38. The van der Waals surface area contributed by atoms with Gasteiger partial charge in [-0.3, -0.25) is 9.69 Å². The van der Waals surface area contributed by atoms with E-state index in [4.69, 9.17) is 4.74 Å². The van der Waals surface area contributed by atoms with E-state index in [9.17, 15) is 9.18 Å². The van der Waals surface area contributed by atoms with E-state index in [1.54, 1.807) is 6.07 Å². The van der Waals surface area contributed by atoms with Gasteiger partial charge in [-0.2, -0.15) is 0 Å². The average molecular weight is 373 g/mol. The Bertz CT molecular complexity index is 847. The van der Waals surface area contributed by atoms with Gasteiger partial charge in [-0.15, -0.1) is 0 Å². The van der Waals surface area contributed by atoms with Crippen molar-refractivity contribution in [2.75, 3.05) is 19.7 Å². The van der Waals surface area contributed by atoms with Crippen molar-refractivity contribution < 1.29 is 13.9 Å². The lowest BCUT2D eigenvalue weighted by Crippen LogP contribution is -2.48. The van der Waals surface area contributed by atoms with E-state index < -0.39 is 0 Å². The Hall–Kier alpha value is -1.92. The Balaban J connectivity index is 1.40. The fourth-order valence-corrected chi connectivity index (χ4v) is 4.43. The first kappa shape index (κ1) is 18.4. The van der Waals surface area contributed by atoms with Crippen LogP contribution >= 0.6 is 0 Å². The van der Waals surface area contributed by atoms with Crippen molar-refractivity contribution in [2.45, 2.75) is 51.8 Å². The minimum atomic E-state index is -0.282. The fourth-order valence-electron chi connectivity index (χ4n) is 4.43. The van der Waals surface area contributed by atoms with Crippen LogP contribution in [-0.4, -0.2) is 53.7 Å². The van der Waals surface area contributed by atoms with Gasteiger partial charge in [0.1, 0.15) is 5.82 Å². The highest BCUT2D eigenvalue weighted by molar-refractivity contribution is 5.90. The van der Waals surface area contributed by atoms with Crippen molar-refractivity contribution in [3.8, 4) is 0 Å². The number of aryl methyl sites for hydroxylation is 1. The Kier molecular flexibility index (Phi) is 4.95. The summed E-state index contributed by atoms with van der Waals surface area (Å²) in [4.78, 5) is 18.3. The summed E-state index contributed by atoms with van der Waals surface area (Å²) in [5.41, 5.74) is 2.66. The number of hydrogen-bond donors (Lipinski definition) is 2. The van der Waals surface area contributed by atoms with Crippen molar-refractivity contribution >= 4 is 16.8 Å². The molecule has 6 heteroatoms. The molecule has 0 unspecified atom stereocenters. The number of carbonyl (C=O) groups excluding carboxylic acids is 1. The number of ether oxygens (including phenoxy) is 1. The Labute approximate surface area is 159 Å². The second kappa shape index (κ2) is 7.24. The summed E-state index contributed by atoms with van der Waals surface area (Å²) < 4.78 is 19.6. The van der Waals surface area contributed by atoms with E-state index in [1.807, 2.05) is 6.92 Å². The number of morpholine rings is 1. The SMILES string of the molecule is Cc1[nH]c2ccc(F)cc2c1CC(=O)N[C@H]1C[C@H]2CO[C@@H](C(C)C)CN2C1. The number of nitrogens with one attached hydrogen (secondary N) is 2. The van der Waals surface area contributed by atoms with Crippen LogP contribution in [0.1, 0.15) is 31.5 Å². The number of aromatic nitrogens is 1. The molecule has 0 bridgehead atoms. The van der Waals surface area contributed by atoms with Crippen LogP contribution < -0.4 is 5.32 Å². The molecular weight excluding hydrogens is 345 g/mol. The number of amides is 1. The minimum absolute atomic E-state index is 0.00515. The van der Waals surface area contributed by atoms with Gasteiger partial charge in [-0.05, 0) is 43.0 Å². The van der Waals surface area contributed by atoms with Gasteiger partial charge < -0.3 is 15.0 Å². The van der Waals surface area contributed by atoms with Crippen molar-refractivity contribution in [3.05, 3.63) is 35.3 Å². The lowest BCUT2D eigenvalue weighted by molar-refractivity contribution is -0.121. The van der Waals surface area contributed by atoms with Gasteiger partial charge in [0, 0.05) is 41.8 Å². The molecule has 1 aromatic carbocycles. The summed E-state index contributed by atoms with van der Waals surface area (Å²) in [5.74, 6) is 0.217. The third-order valence-corrected chi connectivity index (χ3v) is 5.97. The van der Waals surface area contributed by atoms with Crippen molar-refractivity contribution in [1.29, 1.82) is 0 Å². The normalized spacial score (nSPS) is 25.9. The maximum Gasteiger partial charge on any atom is 0.224 e. The number of carbonyl (C=O) groups is 1. The topological polar surface area (TPSA) is 57.4 Å². The van der Waals surface area contributed by atoms with E-state index in [0.717, 1.165) is 48.3 Å². The van der Waals surface area contributed by atoms with E-state index in [-0.39, 0.29) is 30.3 Å². The molecule has 2 aliphatic rings.